The van der Waals surface area contributed by atoms with Gasteiger partial charge in [-0.2, -0.15) is 4.31 Å². The summed E-state index contributed by atoms with van der Waals surface area (Å²) in [5.41, 5.74) is 4.53. The van der Waals surface area contributed by atoms with Crippen LogP contribution in [0.1, 0.15) is 106 Å². The summed E-state index contributed by atoms with van der Waals surface area (Å²) < 4.78 is 31.8. The van der Waals surface area contributed by atoms with E-state index in [1.165, 1.54) is 22.3 Å². The number of carbonyl (C=O) groups excluding carboxylic acids is 1. The van der Waals surface area contributed by atoms with Gasteiger partial charge >= 0.3 is 15.6 Å². The molecule has 0 aromatic rings. The summed E-state index contributed by atoms with van der Waals surface area (Å²) in [4.78, 5) is 42.2. The molecule has 0 radical (unpaired) electrons. The molecule has 1 amide bonds. The van der Waals surface area contributed by atoms with Crippen molar-refractivity contribution in [3.63, 3.8) is 0 Å². The molecule has 0 aromatic carbocycles. The minimum atomic E-state index is -5.22. The van der Waals surface area contributed by atoms with Gasteiger partial charge in [-0.15, -0.1) is 0 Å². The normalized spacial score (nSPS) is 21.4. The number of phosphoric ester groups is 1. The van der Waals surface area contributed by atoms with Crippen LogP contribution >= 0.6 is 15.6 Å². The van der Waals surface area contributed by atoms with Gasteiger partial charge in [0, 0.05) is 6.42 Å². The first-order valence-corrected chi connectivity index (χ1v) is 16.6. The summed E-state index contributed by atoms with van der Waals surface area (Å²) in [5, 5.41) is 0. The van der Waals surface area contributed by atoms with E-state index >= 15 is 0 Å². The van der Waals surface area contributed by atoms with Crippen LogP contribution in [-0.4, -0.2) is 43.7 Å². The summed E-state index contributed by atoms with van der Waals surface area (Å²) in [6.45, 7) is 14.0. The molecule has 0 aromatic heterocycles. The molecule has 1 saturated heterocycles. The van der Waals surface area contributed by atoms with Crippen LogP contribution in [0.5, 0.6) is 0 Å². The first-order chi connectivity index (χ1) is 18.0. The van der Waals surface area contributed by atoms with Crippen molar-refractivity contribution in [1.82, 2.24) is 4.90 Å². The lowest BCUT2D eigenvalue weighted by molar-refractivity contribution is -0.127. The fourth-order valence-electron chi connectivity index (χ4n) is 4.54. The fraction of sp³-hybridized carbons (Fsp3) is 0.679. The molecular weight excluding hydrogens is 540 g/mol. The van der Waals surface area contributed by atoms with E-state index in [0.29, 0.717) is 19.3 Å². The van der Waals surface area contributed by atoms with Gasteiger partial charge in [0.25, 0.3) is 0 Å². The SMILES string of the molecule is CC(C)=CCC/C(C)=C/CCCC(=O)N1[C@@H](COP(=O)(O)OP(=O)(O)O)[C@]1(C)CC/C=C(\C)CCC=C(C)C. The monoisotopic (exact) mass is 589 g/mol. The topological polar surface area (TPSA) is 133 Å². The Hall–Kier alpha value is -1.31. The number of allylic oxidation sites excluding steroid dienone is 8. The third kappa shape index (κ3) is 14.8. The van der Waals surface area contributed by atoms with Gasteiger partial charge < -0.3 is 19.6 Å². The first kappa shape index (κ1) is 35.7. The average Bonchev–Trinajstić information content (AvgIpc) is 3.36. The van der Waals surface area contributed by atoms with E-state index in [1.54, 1.807) is 4.90 Å². The Morgan fingerprint density at radius 2 is 1.33 bits per heavy atom. The van der Waals surface area contributed by atoms with Gasteiger partial charge in [-0.3, -0.25) is 9.32 Å². The average molecular weight is 590 g/mol. The number of nitrogens with zero attached hydrogens (tertiary/aromatic N) is 1. The van der Waals surface area contributed by atoms with Crippen LogP contribution < -0.4 is 0 Å². The molecule has 9 nitrogen and oxygen atoms in total. The molecule has 1 aliphatic rings. The van der Waals surface area contributed by atoms with E-state index in [4.69, 9.17) is 14.3 Å². The minimum absolute atomic E-state index is 0.0744. The molecular formula is C28H49NO8P2. The fourth-order valence-corrected chi connectivity index (χ4v) is 6.13. The number of unbranched alkanes of at least 4 members (excludes halogenated alkanes) is 1. The molecule has 39 heavy (non-hydrogen) atoms. The van der Waals surface area contributed by atoms with Crippen molar-refractivity contribution >= 4 is 21.6 Å². The molecule has 0 bridgehead atoms. The zero-order valence-electron chi connectivity index (χ0n) is 24.7. The summed E-state index contributed by atoms with van der Waals surface area (Å²) in [7, 11) is -10.2. The third-order valence-corrected chi connectivity index (χ3v) is 8.95. The number of carbonyl (C=O) groups is 1. The smallest absolute Gasteiger partial charge is 0.327 e. The van der Waals surface area contributed by atoms with E-state index in [-0.39, 0.29) is 12.5 Å². The highest BCUT2D eigenvalue weighted by molar-refractivity contribution is 7.60. The summed E-state index contributed by atoms with van der Waals surface area (Å²) in [6.07, 6.45) is 15.8. The zero-order chi connectivity index (χ0) is 29.9. The Morgan fingerprint density at radius 3 is 1.82 bits per heavy atom. The number of hydrogen-bond acceptors (Lipinski definition) is 5. The molecule has 3 N–H and O–H groups in total. The standard InChI is InChI=1S/C28H49NO8P2/c1-22(2)13-10-16-24(5)15-8-9-19-27(30)29-26(21-36-39(34,35)37-38(31,32)33)28(29,7)20-12-18-25(6)17-11-14-23(3)4/h13-15,18,26H,8-12,16-17,19-21H2,1-7H3,(H,34,35)(H2,31,32,33)/b24-15+,25-18+/t26-,28-,29?/m0/s1. The highest BCUT2D eigenvalue weighted by Crippen LogP contribution is 2.58. The maximum absolute atomic E-state index is 13.1. The molecule has 1 unspecified atom stereocenters. The van der Waals surface area contributed by atoms with Gasteiger partial charge in [0.05, 0.1) is 18.2 Å². The van der Waals surface area contributed by atoms with Crippen LogP contribution in [0.15, 0.2) is 46.6 Å². The number of amides is 1. The highest BCUT2D eigenvalue weighted by Gasteiger charge is 2.61. The van der Waals surface area contributed by atoms with Crippen molar-refractivity contribution in [2.75, 3.05) is 6.61 Å². The maximum Gasteiger partial charge on any atom is 0.481 e. The summed E-state index contributed by atoms with van der Waals surface area (Å²) >= 11 is 0. The molecule has 0 saturated carbocycles. The zero-order valence-corrected chi connectivity index (χ0v) is 26.5. The second kappa shape index (κ2) is 16.2. The largest absolute Gasteiger partial charge is 0.481 e. The Bertz CT molecular complexity index is 1030. The molecule has 1 rings (SSSR count). The first-order valence-electron chi connectivity index (χ1n) is 13.6. The van der Waals surface area contributed by atoms with Crippen molar-refractivity contribution < 1.29 is 37.4 Å². The Labute approximate surface area is 234 Å². The van der Waals surface area contributed by atoms with Gasteiger partial charge in [-0.25, -0.2) is 9.13 Å². The molecule has 1 fully saturated rings. The minimum Gasteiger partial charge on any atom is -0.327 e. The van der Waals surface area contributed by atoms with Crippen LogP contribution in [-0.2, 0) is 22.8 Å². The molecule has 1 heterocycles. The molecule has 0 aliphatic carbocycles. The van der Waals surface area contributed by atoms with Crippen LogP contribution in [0.4, 0.5) is 0 Å². The molecule has 1 aliphatic heterocycles. The Balaban J connectivity index is 2.78. The Morgan fingerprint density at radius 1 is 0.821 bits per heavy atom. The van der Waals surface area contributed by atoms with E-state index in [9.17, 15) is 18.8 Å². The van der Waals surface area contributed by atoms with E-state index in [1.807, 2.05) is 6.92 Å². The lowest BCUT2D eigenvalue weighted by Gasteiger charge is -2.12. The van der Waals surface area contributed by atoms with Crippen LogP contribution in [0.2, 0.25) is 0 Å². The van der Waals surface area contributed by atoms with Gasteiger partial charge in [-0.05, 0) is 99.8 Å². The molecule has 0 spiro atoms. The van der Waals surface area contributed by atoms with Crippen molar-refractivity contribution in [2.24, 2.45) is 0 Å². The number of phosphoric acid groups is 2. The summed E-state index contributed by atoms with van der Waals surface area (Å²) in [5.74, 6) is -0.0744. The van der Waals surface area contributed by atoms with Gasteiger partial charge in [0.2, 0.25) is 5.91 Å². The molecule has 11 heteroatoms. The lowest BCUT2D eigenvalue weighted by atomic mass is 9.99. The summed E-state index contributed by atoms with van der Waals surface area (Å²) in [6, 6.07) is -0.494. The highest BCUT2D eigenvalue weighted by atomic mass is 31.3. The van der Waals surface area contributed by atoms with E-state index < -0.39 is 27.2 Å². The van der Waals surface area contributed by atoms with Crippen molar-refractivity contribution in [1.29, 1.82) is 0 Å². The lowest BCUT2D eigenvalue weighted by Crippen LogP contribution is -2.20. The predicted octanol–water partition coefficient (Wildman–Crippen LogP) is 7.52. The van der Waals surface area contributed by atoms with Crippen molar-refractivity contribution in [2.45, 2.75) is 118 Å². The maximum atomic E-state index is 13.1. The van der Waals surface area contributed by atoms with E-state index in [2.05, 4.69) is 70.2 Å². The third-order valence-electron chi connectivity index (χ3n) is 6.80. The molecule has 3 atom stereocenters. The molecule has 224 valence electrons. The van der Waals surface area contributed by atoms with Crippen LogP contribution in [0, 0.1) is 0 Å². The second-order valence-corrected chi connectivity index (χ2v) is 14.0. The van der Waals surface area contributed by atoms with Crippen molar-refractivity contribution in [3.8, 4) is 0 Å². The Kier molecular flexibility index (Phi) is 14.8. The second-order valence-electron chi connectivity index (χ2n) is 11.1. The van der Waals surface area contributed by atoms with E-state index in [0.717, 1.165) is 38.5 Å². The predicted molar refractivity (Wildman–Crippen MR) is 156 cm³/mol. The number of hydrogen-bond donors (Lipinski definition) is 3. The van der Waals surface area contributed by atoms with Crippen LogP contribution in [0.3, 0.4) is 0 Å². The van der Waals surface area contributed by atoms with Crippen molar-refractivity contribution in [3.05, 3.63) is 46.6 Å². The van der Waals surface area contributed by atoms with Gasteiger partial charge in [0.1, 0.15) is 0 Å². The van der Waals surface area contributed by atoms with Crippen LogP contribution in [0.25, 0.3) is 0 Å². The van der Waals surface area contributed by atoms with Gasteiger partial charge in [-0.1, -0.05) is 46.6 Å². The number of rotatable bonds is 18. The van der Waals surface area contributed by atoms with Gasteiger partial charge in [0.15, 0.2) is 0 Å². The quantitative estimate of drug-likeness (QED) is 0.0647.